The molecular weight excluding hydrogens is 321 g/mol. The van der Waals surface area contributed by atoms with Crippen LogP contribution in [-0.2, 0) is 0 Å². The van der Waals surface area contributed by atoms with Gasteiger partial charge in [0.05, 0.1) is 5.02 Å². The first-order valence-corrected chi connectivity index (χ1v) is 6.45. The van der Waals surface area contributed by atoms with E-state index in [0.29, 0.717) is 10.0 Å². The predicted molar refractivity (Wildman–Crippen MR) is 70.6 cm³/mol. The topological polar surface area (TPSA) is 59.4 Å². The van der Waals surface area contributed by atoms with E-state index in [1.54, 1.807) is 12.1 Å². The summed E-state index contributed by atoms with van der Waals surface area (Å²) < 4.78 is 5.34. The van der Waals surface area contributed by atoms with Crippen molar-refractivity contribution in [1.29, 1.82) is 0 Å². The number of nitrogens with zero attached hydrogens (tertiary/aromatic N) is 1. The van der Waals surface area contributed by atoms with Crippen LogP contribution in [0.25, 0.3) is 0 Å². The van der Waals surface area contributed by atoms with Crippen molar-refractivity contribution < 1.29 is 14.6 Å². The predicted octanol–water partition coefficient (Wildman–Crippen LogP) is 4.59. The minimum Gasteiger partial charge on any atom is -0.477 e. The first-order valence-electron chi connectivity index (χ1n) is 4.50. The Kier molecular flexibility index (Phi) is 3.97. The quantitative estimate of drug-likeness (QED) is 0.896. The maximum Gasteiger partial charge on any atom is 0.349 e. The molecule has 1 heterocycles. The van der Waals surface area contributed by atoms with Crippen LogP contribution < -0.4 is 4.74 Å². The number of hydrogen-bond donors (Lipinski definition) is 1. The molecule has 0 fully saturated rings. The Bertz CT molecular complexity index is 614. The van der Waals surface area contributed by atoms with Crippen molar-refractivity contribution in [2.75, 3.05) is 0 Å². The Hall–Kier alpha value is -1.01. The molecule has 0 aliphatic carbocycles. The number of thiazole rings is 1. The van der Waals surface area contributed by atoms with E-state index in [1.807, 2.05) is 0 Å². The standard InChI is InChI=1S/C10H4Cl3NO3S/c11-4-1-2-5(12)6(3-4)17-10-14-8(13)7(18-10)9(15)16/h1-3H,(H,15,16). The van der Waals surface area contributed by atoms with Gasteiger partial charge in [0.2, 0.25) is 0 Å². The highest BCUT2D eigenvalue weighted by molar-refractivity contribution is 7.15. The van der Waals surface area contributed by atoms with Crippen molar-refractivity contribution in [3.8, 4) is 10.9 Å². The number of hydrogen-bond acceptors (Lipinski definition) is 4. The number of aromatic carboxylic acids is 1. The van der Waals surface area contributed by atoms with E-state index in [0.717, 1.165) is 11.3 Å². The van der Waals surface area contributed by atoms with Crippen molar-refractivity contribution in [2.24, 2.45) is 0 Å². The second-order valence-corrected chi connectivity index (χ2v) is 5.24. The SMILES string of the molecule is O=C(O)c1sc(Oc2cc(Cl)ccc2Cl)nc1Cl. The van der Waals surface area contributed by atoms with Gasteiger partial charge in [0.25, 0.3) is 5.19 Å². The highest BCUT2D eigenvalue weighted by Crippen LogP contribution is 2.36. The molecule has 0 saturated carbocycles. The number of carbonyl (C=O) groups is 1. The zero-order valence-electron chi connectivity index (χ0n) is 8.49. The van der Waals surface area contributed by atoms with Gasteiger partial charge in [0.15, 0.2) is 10.0 Å². The van der Waals surface area contributed by atoms with E-state index in [-0.39, 0.29) is 21.0 Å². The van der Waals surface area contributed by atoms with Crippen LogP contribution in [0.4, 0.5) is 0 Å². The molecule has 1 aromatic carbocycles. The van der Waals surface area contributed by atoms with Crippen LogP contribution in [0.3, 0.4) is 0 Å². The van der Waals surface area contributed by atoms with Crippen LogP contribution in [0.1, 0.15) is 9.67 Å². The van der Waals surface area contributed by atoms with Crippen LogP contribution in [-0.4, -0.2) is 16.1 Å². The van der Waals surface area contributed by atoms with Gasteiger partial charge in [-0.1, -0.05) is 46.1 Å². The number of rotatable bonds is 3. The van der Waals surface area contributed by atoms with Gasteiger partial charge < -0.3 is 9.84 Å². The average Bonchev–Trinajstić information content (AvgIpc) is 2.65. The molecule has 1 aromatic heterocycles. The van der Waals surface area contributed by atoms with Crippen molar-refractivity contribution in [3.05, 3.63) is 38.3 Å². The Labute approximate surface area is 121 Å². The number of carboxylic acids is 1. The molecule has 0 unspecified atom stereocenters. The molecule has 94 valence electrons. The summed E-state index contributed by atoms with van der Waals surface area (Å²) in [6.45, 7) is 0. The lowest BCUT2D eigenvalue weighted by Gasteiger charge is -2.03. The summed E-state index contributed by atoms with van der Waals surface area (Å²) in [5, 5.41) is 9.56. The molecule has 0 atom stereocenters. The minimum absolute atomic E-state index is 0.0848. The third kappa shape index (κ3) is 2.87. The second-order valence-electron chi connectivity index (χ2n) is 3.08. The molecule has 0 aliphatic heterocycles. The first kappa shape index (κ1) is 13.4. The fourth-order valence-corrected chi connectivity index (χ4v) is 2.41. The van der Waals surface area contributed by atoms with Gasteiger partial charge in [-0.05, 0) is 12.1 Å². The van der Waals surface area contributed by atoms with Crippen molar-refractivity contribution in [3.63, 3.8) is 0 Å². The monoisotopic (exact) mass is 323 g/mol. The maximum atomic E-state index is 10.8. The van der Waals surface area contributed by atoms with Gasteiger partial charge in [-0.25, -0.2) is 4.79 Å². The van der Waals surface area contributed by atoms with Crippen LogP contribution in [0.5, 0.6) is 10.9 Å². The number of ether oxygens (including phenoxy) is 1. The van der Waals surface area contributed by atoms with Crippen molar-refractivity contribution in [2.45, 2.75) is 0 Å². The summed E-state index contributed by atoms with van der Waals surface area (Å²) in [5.74, 6) is -0.879. The van der Waals surface area contributed by atoms with Crippen LogP contribution >= 0.6 is 46.1 Å². The number of carboxylic acid groups (broad SMARTS) is 1. The average molecular weight is 325 g/mol. The molecule has 18 heavy (non-hydrogen) atoms. The zero-order chi connectivity index (χ0) is 13.3. The number of aromatic nitrogens is 1. The highest BCUT2D eigenvalue weighted by Gasteiger charge is 2.17. The maximum absolute atomic E-state index is 10.8. The molecule has 8 heteroatoms. The summed E-state index contributed by atoms with van der Waals surface area (Å²) in [6.07, 6.45) is 0. The minimum atomic E-state index is -1.16. The normalized spacial score (nSPS) is 10.4. The molecule has 2 rings (SSSR count). The smallest absolute Gasteiger partial charge is 0.349 e. The van der Waals surface area contributed by atoms with Gasteiger partial charge in [-0.15, -0.1) is 0 Å². The Morgan fingerprint density at radius 3 is 2.67 bits per heavy atom. The zero-order valence-corrected chi connectivity index (χ0v) is 11.6. The Morgan fingerprint density at radius 1 is 1.33 bits per heavy atom. The summed E-state index contributed by atoms with van der Waals surface area (Å²) in [7, 11) is 0. The van der Waals surface area contributed by atoms with Crippen molar-refractivity contribution >= 4 is 52.1 Å². The molecular formula is C10H4Cl3NO3S. The van der Waals surface area contributed by atoms with Crippen LogP contribution in [0.2, 0.25) is 15.2 Å². The van der Waals surface area contributed by atoms with E-state index in [1.165, 1.54) is 6.07 Å². The fourth-order valence-electron chi connectivity index (χ4n) is 1.11. The largest absolute Gasteiger partial charge is 0.477 e. The van der Waals surface area contributed by atoms with Crippen LogP contribution in [0, 0.1) is 0 Å². The lowest BCUT2D eigenvalue weighted by atomic mass is 10.3. The highest BCUT2D eigenvalue weighted by atomic mass is 35.5. The van der Waals surface area contributed by atoms with Crippen molar-refractivity contribution in [1.82, 2.24) is 4.98 Å². The first-order chi connectivity index (χ1) is 8.47. The lowest BCUT2D eigenvalue weighted by Crippen LogP contribution is -1.91. The summed E-state index contributed by atoms with van der Waals surface area (Å²) in [4.78, 5) is 14.5. The van der Waals surface area contributed by atoms with Gasteiger partial charge in [-0.3, -0.25) is 0 Å². The third-order valence-corrected chi connectivity index (χ3v) is 3.71. The number of halogens is 3. The van der Waals surface area contributed by atoms with Gasteiger partial charge in [-0.2, -0.15) is 4.98 Å². The summed E-state index contributed by atoms with van der Waals surface area (Å²) in [5.41, 5.74) is 0. The molecule has 0 aliphatic rings. The molecule has 2 aromatic rings. The van der Waals surface area contributed by atoms with E-state index < -0.39 is 5.97 Å². The molecule has 4 nitrogen and oxygen atoms in total. The van der Waals surface area contributed by atoms with Gasteiger partial charge >= 0.3 is 5.97 Å². The van der Waals surface area contributed by atoms with E-state index in [4.69, 9.17) is 44.6 Å². The molecule has 1 N–H and O–H groups in total. The Morgan fingerprint density at radius 2 is 2.06 bits per heavy atom. The fraction of sp³-hybridized carbons (Fsp3) is 0. The summed E-state index contributed by atoms with van der Waals surface area (Å²) >= 11 is 18.2. The third-order valence-electron chi connectivity index (χ3n) is 1.85. The Balaban J connectivity index is 2.31. The van der Waals surface area contributed by atoms with Crippen LogP contribution in [0.15, 0.2) is 18.2 Å². The van der Waals surface area contributed by atoms with E-state index >= 15 is 0 Å². The summed E-state index contributed by atoms with van der Waals surface area (Å²) in [6, 6.07) is 4.67. The van der Waals surface area contributed by atoms with E-state index in [2.05, 4.69) is 4.98 Å². The van der Waals surface area contributed by atoms with Gasteiger partial charge in [0, 0.05) is 11.1 Å². The number of benzene rings is 1. The molecule has 0 bridgehead atoms. The molecule has 0 amide bonds. The lowest BCUT2D eigenvalue weighted by molar-refractivity contribution is 0.0702. The molecule has 0 radical (unpaired) electrons. The van der Waals surface area contributed by atoms with E-state index in [9.17, 15) is 4.79 Å². The van der Waals surface area contributed by atoms with Gasteiger partial charge in [0.1, 0.15) is 5.75 Å². The molecule has 0 spiro atoms. The second kappa shape index (κ2) is 5.32. The molecule has 0 saturated heterocycles.